The lowest BCUT2D eigenvalue weighted by atomic mass is 10.1. The van der Waals surface area contributed by atoms with Gasteiger partial charge in [-0.1, -0.05) is 87.8 Å². The summed E-state index contributed by atoms with van der Waals surface area (Å²) in [7, 11) is 9.95. The van der Waals surface area contributed by atoms with Crippen LogP contribution in [-0.2, 0) is 0 Å². The zero-order valence-electron chi connectivity index (χ0n) is 14.3. The minimum atomic E-state index is 0.876. The van der Waals surface area contributed by atoms with Gasteiger partial charge < -0.3 is 0 Å². The summed E-state index contributed by atoms with van der Waals surface area (Å²) in [6, 6.07) is 0. The van der Waals surface area contributed by atoms with Gasteiger partial charge in [0.1, 0.15) is 0 Å². The largest absolute Gasteiger partial charge is 0.0817 e. The van der Waals surface area contributed by atoms with Gasteiger partial charge in [0.15, 0.2) is 0 Å². The number of hydrogen-bond donors (Lipinski definition) is 0. The molecule has 0 aromatic carbocycles. The van der Waals surface area contributed by atoms with E-state index >= 15 is 0 Å². The van der Waals surface area contributed by atoms with Crippen LogP contribution in [0.3, 0.4) is 0 Å². The minimum Gasteiger partial charge on any atom is -0.0817 e. The summed E-state index contributed by atoms with van der Waals surface area (Å²) in [5.74, 6) is 4.38. The predicted octanol–water partition coefficient (Wildman–Crippen LogP) is 8.75. The Balaban J connectivity index is 2.96. The van der Waals surface area contributed by atoms with Crippen molar-refractivity contribution in [1.82, 2.24) is 0 Å². The quantitative estimate of drug-likeness (QED) is 0.191. The lowest BCUT2D eigenvalue weighted by Gasteiger charge is -2.04. The zero-order valence-corrected chi connectivity index (χ0v) is 18.3. The second-order valence-electron chi connectivity index (χ2n) is 6.33. The van der Waals surface area contributed by atoms with Gasteiger partial charge >= 0.3 is 0 Å². The molecule has 0 fully saturated rings. The lowest BCUT2D eigenvalue weighted by Crippen LogP contribution is -1.87. The predicted molar refractivity (Wildman–Crippen MR) is 114 cm³/mol. The Hall–Kier alpha value is 1.75. The lowest BCUT2D eigenvalue weighted by molar-refractivity contribution is 0.535. The maximum atomic E-state index is 2.32. The van der Waals surface area contributed by atoms with Crippen molar-refractivity contribution in [2.75, 3.05) is 11.5 Å². The second kappa shape index (κ2) is 18.1. The van der Waals surface area contributed by atoms with Gasteiger partial charge in [0, 0.05) is 11.5 Å². The van der Waals surface area contributed by atoms with Crippen LogP contribution in [0.5, 0.6) is 0 Å². The first kappa shape index (κ1) is 22.8. The van der Waals surface area contributed by atoms with Crippen molar-refractivity contribution in [1.29, 1.82) is 0 Å². The first-order valence-electron chi connectivity index (χ1n) is 8.37. The molecular weight excluding hydrogens is 353 g/mol. The molecule has 0 aliphatic carbocycles. The fourth-order valence-corrected chi connectivity index (χ4v) is 10.9. The van der Waals surface area contributed by atoms with Gasteiger partial charge in [-0.2, -0.15) is 0 Å². The van der Waals surface area contributed by atoms with E-state index in [0.29, 0.717) is 0 Å². The molecule has 0 aliphatic rings. The van der Waals surface area contributed by atoms with Gasteiger partial charge in [-0.25, -0.2) is 0 Å². The van der Waals surface area contributed by atoms with Crippen LogP contribution in [0, 0.1) is 11.8 Å². The van der Waals surface area contributed by atoms with E-state index in [1.54, 1.807) is 0 Å². The van der Waals surface area contributed by atoms with Crippen molar-refractivity contribution >= 4 is 51.1 Å². The highest BCUT2D eigenvalue weighted by atomic mass is 33.8. The normalized spacial score (nSPS) is 11.7. The Kier molecular flexibility index (Phi) is 19.6. The molecule has 0 atom stereocenters. The molecular formula is C16H34S5. The van der Waals surface area contributed by atoms with Crippen molar-refractivity contribution in [3.8, 4) is 0 Å². The number of hydrogen-bond acceptors (Lipinski definition) is 5. The summed E-state index contributed by atoms with van der Waals surface area (Å²) in [5.41, 5.74) is 0. The molecule has 0 spiro atoms. The van der Waals surface area contributed by atoms with Crippen LogP contribution in [0.1, 0.15) is 79.1 Å². The van der Waals surface area contributed by atoms with E-state index in [1.165, 1.54) is 62.9 Å². The molecule has 0 heterocycles. The van der Waals surface area contributed by atoms with Gasteiger partial charge in [-0.15, -0.1) is 0 Å². The van der Waals surface area contributed by atoms with Crippen molar-refractivity contribution in [3.63, 3.8) is 0 Å². The Morgan fingerprint density at radius 3 is 1.33 bits per heavy atom. The van der Waals surface area contributed by atoms with Crippen LogP contribution in [-0.4, -0.2) is 11.5 Å². The Morgan fingerprint density at radius 2 is 0.952 bits per heavy atom. The van der Waals surface area contributed by atoms with Gasteiger partial charge in [-0.3, -0.25) is 0 Å². The molecule has 5 heteroatoms. The summed E-state index contributed by atoms with van der Waals surface area (Å²) >= 11 is 0. The van der Waals surface area contributed by atoms with E-state index in [2.05, 4.69) is 27.7 Å². The third-order valence-corrected chi connectivity index (χ3v) is 12.0. The van der Waals surface area contributed by atoms with Crippen molar-refractivity contribution in [2.45, 2.75) is 79.1 Å². The van der Waals surface area contributed by atoms with E-state index < -0.39 is 0 Å². The van der Waals surface area contributed by atoms with E-state index in [-0.39, 0.29) is 0 Å². The zero-order chi connectivity index (χ0) is 15.8. The van der Waals surface area contributed by atoms with E-state index in [9.17, 15) is 0 Å². The fraction of sp³-hybridized carbons (Fsp3) is 1.00. The molecule has 0 amide bonds. The summed E-state index contributed by atoms with van der Waals surface area (Å²) in [4.78, 5) is 0. The smallest absolute Gasteiger partial charge is 0.00454 e. The Morgan fingerprint density at radius 1 is 0.524 bits per heavy atom. The van der Waals surface area contributed by atoms with Gasteiger partial charge in [0.25, 0.3) is 0 Å². The molecule has 0 saturated carbocycles. The molecule has 128 valence electrons. The molecule has 21 heavy (non-hydrogen) atoms. The van der Waals surface area contributed by atoms with Gasteiger partial charge in [-0.05, 0) is 54.2 Å². The highest BCUT2D eigenvalue weighted by molar-refractivity contribution is 9.35. The number of unbranched alkanes of at least 4 members (excludes halogenated alkanes) is 4. The van der Waals surface area contributed by atoms with Crippen molar-refractivity contribution in [2.24, 2.45) is 11.8 Å². The molecule has 0 rings (SSSR count). The van der Waals surface area contributed by atoms with Crippen LogP contribution >= 0.6 is 51.1 Å². The molecule has 0 aromatic heterocycles. The SMILES string of the molecule is CC(C)CCCCCSSSSSCCCCCC(C)C. The monoisotopic (exact) mass is 386 g/mol. The first-order valence-corrected chi connectivity index (χ1v) is 14.9. The third kappa shape index (κ3) is 21.8. The molecule has 0 radical (unpaired) electrons. The van der Waals surface area contributed by atoms with Crippen LogP contribution in [0.4, 0.5) is 0 Å². The summed E-state index contributed by atoms with van der Waals surface area (Å²) < 4.78 is 0. The maximum Gasteiger partial charge on any atom is 0.00454 e. The van der Waals surface area contributed by atoms with Crippen LogP contribution < -0.4 is 0 Å². The van der Waals surface area contributed by atoms with E-state index in [0.717, 1.165) is 11.8 Å². The molecule has 0 aliphatic heterocycles. The van der Waals surface area contributed by atoms with Crippen molar-refractivity contribution in [3.05, 3.63) is 0 Å². The molecule has 0 unspecified atom stereocenters. The Bertz CT molecular complexity index is 177. The first-order chi connectivity index (χ1) is 10.1. The molecule has 0 saturated heterocycles. The second-order valence-corrected chi connectivity index (χ2v) is 14.3. The average molecular weight is 387 g/mol. The van der Waals surface area contributed by atoms with Gasteiger partial charge in [0.05, 0.1) is 0 Å². The molecule has 0 N–H and O–H groups in total. The summed E-state index contributed by atoms with van der Waals surface area (Å²) in [5, 5.41) is 0. The summed E-state index contributed by atoms with van der Waals surface area (Å²) in [6.07, 6.45) is 11.2. The van der Waals surface area contributed by atoms with Crippen molar-refractivity contribution < 1.29 is 0 Å². The highest BCUT2D eigenvalue weighted by Gasteiger charge is 1.98. The Labute approximate surface area is 152 Å². The van der Waals surface area contributed by atoms with E-state index in [1.807, 2.05) is 51.1 Å². The third-order valence-electron chi connectivity index (χ3n) is 3.17. The van der Waals surface area contributed by atoms with Crippen LogP contribution in [0.25, 0.3) is 0 Å². The molecule has 0 bridgehead atoms. The number of rotatable bonds is 16. The maximum absolute atomic E-state index is 2.32. The standard InChI is InChI=1S/C16H34S5/c1-15(2)11-7-5-9-13-17-19-21-20-18-14-10-6-8-12-16(3)4/h15-16H,5-14H2,1-4H3. The van der Waals surface area contributed by atoms with Crippen LogP contribution in [0.15, 0.2) is 0 Å². The topological polar surface area (TPSA) is 0 Å². The molecule has 0 nitrogen and oxygen atoms in total. The van der Waals surface area contributed by atoms with E-state index in [4.69, 9.17) is 0 Å². The summed E-state index contributed by atoms with van der Waals surface area (Å²) in [6.45, 7) is 9.28. The van der Waals surface area contributed by atoms with Gasteiger partial charge in [0.2, 0.25) is 0 Å². The average Bonchev–Trinajstić information content (AvgIpc) is 2.42. The minimum absolute atomic E-state index is 0.876. The fourth-order valence-electron chi connectivity index (χ4n) is 1.90. The highest BCUT2D eigenvalue weighted by Crippen LogP contribution is 2.48. The van der Waals surface area contributed by atoms with Crippen LogP contribution in [0.2, 0.25) is 0 Å². The molecule has 0 aromatic rings.